The molecule has 29 heavy (non-hydrogen) atoms. The molecule has 0 fully saturated rings. The van der Waals surface area contributed by atoms with Crippen molar-refractivity contribution >= 4 is 34.1 Å². The molecule has 3 aromatic rings. The van der Waals surface area contributed by atoms with Crippen LogP contribution in [0.4, 0.5) is 13.9 Å². The van der Waals surface area contributed by atoms with Crippen molar-refractivity contribution in [3.63, 3.8) is 0 Å². The Kier molecular flexibility index (Phi) is 7.16. The van der Waals surface area contributed by atoms with Crippen molar-refractivity contribution in [3.05, 3.63) is 65.0 Å². The van der Waals surface area contributed by atoms with E-state index < -0.39 is 6.61 Å². The zero-order valence-electron chi connectivity index (χ0n) is 15.0. The number of amides is 1. The minimum atomic E-state index is -2.93. The molecule has 0 saturated carbocycles. The van der Waals surface area contributed by atoms with E-state index in [1.165, 1.54) is 29.2 Å². The molecule has 0 unspecified atom stereocenters. The Morgan fingerprint density at radius 3 is 2.72 bits per heavy atom. The smallest absolute Gasteiger partial charge is 0.387 e. The zero-order valence-corrected chi connectivity index (χ0v) is 16.6. The number of thiazole rings is 1. The van der Waals surface area contributed by atoms with Gasteiger partial charge in [0, 0.05) is 16.7 Å². The van der Waals surface area contributed by atoms with Gasteiger partial charge in [-0.25, -0.2) is 4.98 Å². The molecule has 0 saturated heterocycles. The maximum Gasteiger partial charge on any atom is 0.387 e. The van der Waals surface area contributed by atoms with Crippen LogP contribution in [-0.2, 0) is 10.5 Å². The van der Waals surface area contributed by atoms with Crippen LogP contribution in [0.1, 0.15) is 11.1 Å². The molecule has 1 aromatic heterocycles. The fourth-order valence-corrected chi connectivity index (χ4v) is 3.94. The first kappa shape index (κ1) is 20.8. The van der Waals surface area contributed by atoms with Crippen LogP contribution in [0.2, 0.25) is 0 Å². The standard InChI is InChI=1S/C20H15F2N3O2S2/c21-19(22)27-17-4-2-1-3-15(17)16-11-29-20(24-16)25-18(26)12-28-10-14-7-5-13(9-23)6-8-14/h1-8,11,19H,10,12H2,(H,24,25,26). The van der Waals surface area contributed by atoms with Gasteiger partial charge >= 0.3 is 6.61 Å². The van der Waals surface area contributed by atoms with Gasteiger partial charge in [0.25, 0.3) is 0 Å². The van der Waals surface area contributed by atoms with Crippen LogP contribution in [-0.4, -0.2) is 23.3 Å². The van der Waals surface area contributed by atoms with Gasteiger partial charge in [0.2, 0.25) is 5.91 Å². The molecule has 0 aliphatic rings. The summed E-state index contributed by atoms with van der Waals surface area (Å²) in [5.41, 5.74) is 2.50. The van der Waals surface area contributed by atoms with Gasteiger partial charge in [-0.1, -0.05) is 24.3 Å². The van der Waals surface area contributed by atoms with Gasteiger partial charge in [0.05, 0.1) is 23.1 Å². The summed E-state index contributed by atoms with van der Waals surface area (Å²) < 4.78 is 29.6. The zero-order chi connectivity index (χ0) is 20.6. The molecule has 1 heterocycles. The van der Waals surface area contributed by atoms with Crippen molar-refractivity contribution in [2.24, 2.45) is 0 Å². The normalized spacial score (nSPS) is 10.6. The lowest BCUT2D eigenvalue weighted by Crippen LogP contribution is -2.14. The second-order valence-electron chi connectivity index (χ2n) is 5.76. The fourth-order valence-electron chi connectivity index (χ4n) is 2.42. The number of aromatic nitrogens is 1. The number of para-hydroxylation sites is 1. The fraction of sp³-hybridized carbons (Fsp3) is 0.150. The first-order valence-electron chi connectivity index (χ1n) is 8.41. The van der Waals surface area contributed by atoms with Crippen molar-refractivity contribution in [2.75, 3.05) is 11.1 Å². The maximum absolute atomic E-state index is 12.6. The van der Waals surface area contributed by atoms with E-state index in [4.69, 9.17) is 5.26 Å². The topological polar surface area (TPSA) is 75.0 Å². The minimum Gasteiger partial charge on any atom is -0.434 e. The van der Waals surface area contributed by atoms with Crippen molar-refractivity contribution in [2.45, 2.75) is 12.4 Å². The highest BCUT2D eigenvalue weighted by molar-refractivity contribution is 7.99. The van der Waals surface area contributed by atoms with Crippen molar-refractivity contribution in [1.29, 1.82) is 5.26 Å². The summed E-state index contributed by atoms with van der Waals surface area (Å²) in [4.78, 5) is 16.4. The average molecular weight is 431 g/mol. The van der Waals surface area contributed by atoms with Gasteiger partial charge < -0.3 is 10.1 Å². The van der Waals surface area contributed by atoms with E-state index in [0.29, 0.717) is 27.7 Å². The van der Waals surface area contributed by atoms with Gasteiger partial charge in [0.1, 0.15) is 5.75 Å². The first-order valence-corrected chi connectivity index (χ1v) is 10.4. The molecule has 3 rings (SSSR count). The number of nitriles is 1. The van der Waals surface area contributed by atoms with Crippen LogP contribution in [0.3, 0.4) is 0 Å². The number of alkyl halides is 2. The number of anilines is 1. The average Bonchev–Trinajstić information content (AvgIpc) is 3.16. The molecule has 2 aromatic carbocycles. The van der Waals surface area contributed by atoms with Gasteiger partial charge in [-0.15, -0.1) is 23.1 Å². The van der Waals surface area contributed by atoms with Crippen LogP contribution in [0.5, 0.6) is 5.75 Å². The SMILES string of the molecule is N#Cc1ccc(CSCC(=O)Nc2nc(-c3ccccc3OC(F)F)cs2)cc1. The largest absolute Gasteiger partial charge is 0.434 e. The number of carbonyl (C=O) groups excluding carboxylic acids is 1. The molecule has 0 radical (unpaired) electrons. The first-order chi connectivity index (χ1) is 14.0. The predicted octanol–water partition coefficient (Wildman–Crippen LogP) is 5.16. The number of benzene rings is 2. The van der Waals surface area contributed by atoms with E-state index in [1.54, 1.807) is 35.7 Å². The lowest BCUT2D eigenvalue weighted by atomic mass is 10.1. The molecule has 5 nitrogen and oxygen atoms in total. The molecule has 0 spiro atoms. The van der Waals surface area contributed by atoms with E-state index in [1.807, 2.05) is 12.1 Å². The molecule has 0 aliphatic heterocycles. The third-order valence-electron chi connectivity index (χ3n) is 3.71. The number of halogens is 2. The van der Waals surface area contributed by atoms with Gasteiger partial charge in [-0.3, -0.25) is 4.79 Å². The molecule has 0 bridgehead atoms. The number of nitrogens with zero attached hydrogens (tertiary/aromatic N) is 2. The summed E-state index contributed by atoms with van der Waals surface area (Å²) in [5, 5.41) is 13.6. The molecular formula is C20H15F2N3O2S2. The number of hydrogen-bond donors (Lipinski definition) is 1. The summed E-state index contributed by atoms with van der Waals surface area (Å²) in [6, 6.07) is 15.6. The van der Waals surface area contributed by atoms with Crippen LogP contribution < -0.4 is 10.1 Å². The van der Waals surface area contributed by atoms with E-state index in [-0.39, 0.29) is 17.4 Å². The van der Waals surface area contributed by atoms with Crippen LogP contribution >= 0.6 is 23.1 Å². The monoisotopic (exact) mass is 431 g/mol. The Bertz CT molecular complexity index is 1020. The molecule has 0 aliphatic carbocycles. The van der Waals surface area contributed by atoms with Gasteiger partial charge in [-0.05, 0) is 29.8 Å². The quantitative estimate of drug-likeness (QED) is 0.534. The van der Waals surface area contributed by atoms with Crippen molar-refractivity contribution in [1.82, 2.24) is 4.98 Å². The van der Waals surface area contributed by atoms with Gasteiger partial charge in [-0.2, -0.15) is 14.0 Å². The highest BCUT2D eigenvalue weighted by Gasteiger charge is 2.14. The Morgan fingerprint density at radius 1 is 1.24 bits per heavy atom. The van der Waals surface area contributed by atoms with Crippen molar-refractivity contribution in [3.8, 4) is 23.1 Å². The lowest BCUT2D eigenvalue weighted by Gasteiger charge is -2.08. The second kappa shape index (κ2) is 10.0. The predicted molar refractivity (Wildman–Crippen MR) is 110 cm³/mol. The number of carbonyl (C=O) groups is 1. The van der Waals surface area contributed by atoms with Gasteiger partial charge in [0.15, 0.2) is 5.13 Å². The van der Waals surface area contributed by atoms with E-state index in [0.717, 1.165) is 5.56 Å². The maximum atomic E-state index is 12.6. The van der Waals surface area contributed by atoms with E-state index >= 15 is 0 Å². The van der Waals surface area contributed by atoms with Crippen LogP contribution in [0.25, 0.3) is 11.3 Å². The number of nitrogens with one attached hydrogen (secondary N) is 1. The lowest BCUT2D eigenvalue weighted by molar-refractivity contribution is -0.113. The number of hydrogen-bond acceptors (Lipinski definition) is 6. The van der Waals surface area contributed by atoms with E-state index in [2.05, 4.69) is 21.1 Å². The minimum absolute atomic E-state index is 0.0312. The summed E-state index contributed by atoms with van der Waals surface area (Å²) in [7, 11) is 0. The summed E-state index contributed by atoms with van der Waals surface area (Å²) in [6.45, 7) is -2.93. The summed E-state index contributed by atoms with van der Waals surface area (Å²) in [5.74, 6) is 0.700. The Morgan fingerprint density at radius 2 is 2.00 bits per heavy atom. The number of thioether (sulfide) groups is 1. The third-order valence-corrected chi connectivity index (χ3v) is 5.48. The second-order valence-corrected chi connectivity index (χ2v) is 7.61. The molecule has 1 amide bonds. The Balaban J connectivity index is 1.54. The van der Waals surface area contributed by atoms with Crippen molar-refractivity contribution < 1.29 is 18.3 Å². The molecule has 9 heteroatoms. The molecule has 0 atom stereocenters. The summed E-state index contributed by atoms with van der Waals surface area (Å²) >= 11 is 2.65. The highest BCUT2D eigenvalue weighted by Crippen LogP contribution is 2.33. The Labute approximate surface area is 174 Å². The highest BCUT2D eigenvalue weighted by atomic mass is 32.2. The van der Waals surface area contributed by atoms with E-state index in [9.17, 15) is 13.6 Å². The number of rotatable bonds is 8. The molecule has 1 N–H and O–H groups in total. The summed E-state index contributed by atoms with van der Waals surface area (Å²) in [6.07, 6.45) is 0. The number of ether oxygens (including phenoxy) is 1. The molecular weight excluding hydrogens is 416 g/mol. The van der Waals surface area contributed by atoms with Crippen LogP contribution in [0.15, 0.2) is 53.9 Å². The van der Waals surface area contributed by atoms with Crippen LogP contribution in [0, 0.1) is 11.3 Å². The molecule has 148 valence electrons. The Hall–Kier alpha value is -2.96. The third kappa shape index (κ3) is 6.01.